The molecule has 2 aromatic rings. The van der Waals surface area contributed by atoms with E-state index in [1.807, 2.05) is 16.7 Å². The topological polar surface area (TPSA) is 74.1 Å². The average Bonchev–Trinajstić information content (AvgIpc) is 2.79. The van der Waals surface area contributed by atoms with Crippen LogP contribution >= 0.6 is 0 Å². The van der Waals surface area contributed by atoms with Crippen LogP contribution in [0.3, 0.4) is 0 Å². The zero-order valence-corrected chi connectivity index (χ0v) is 12.5. The number of nitriles is 1. The first-order valence-electron chi connectivity index (χ1n) is 7.13. The van der Waals surface area contributed by atoms with Crippen LogP contribution in [0.15, 0.2) is 18.2 Å². The number of anilines is 1. The van der Waals surface area contributed by atoms with Gasteiger partial charge in [-0.1, -0.05) is 6.07 Å². The van der Waals surface area contributed by atoms with Gasteiger partial charge in [0.15, 0.2) is 0 Å². The molecule has 21 heavy (non-hydrogen) atoms. The van der Waals surface area contributed by atoms with Crippen molar-refractivity contribution in [3.05, 3.63) is 23.8 Å². The molecule has 1 aromatic heterocycles. The molecule has 1 fully saturated rings. The first kappa shape index (κ1) is 13.9. The molecule has 1 atom stereocenters. The molecule has 0 amide bonds. The molecule has 110 valence electrons. The molecule has 0 spiro atoms. The molecular weight excluding hydrogens is 264 g/mol. The van der Waals surface area contributed by atoms with Crippen molar-refractivity contribution in [1.29, 1.82) is 5.26 Å². The highest BCUT2D eigenvalue weighted by atomic mass is 15.3. The van der Waals surface area contributed by atoms with Gasteiger partial charge < -0.3 is 15.2 Å². The number of likely N-dealkylation sites (N-methyl/N-ethyl adjacent to an activating group) is 2. The Morgan fingerprint density at radius 2 is 2.19 bits per heavy atom. The zero-order chi connectivity index (χ0) is 15.0. The molecule has 2 heterocycles. The van der Waals surface area contributed by atoms with Gasteiger partial charge >= 0.3 is 0 Å². The van der Waals surface area contributed by atoms with Gasteiger partial charge in [0.25, 0.3) is 0 Å². The molecule has 0 saturated carbocycles. The monoisotopic (exact) mass is 284 g/mol. The van der Waals surface area contributed by atoms with Gasteiger partial charge in [0.2, 0.25) is 5.95 Å². The highest BCUT2D eigenvalue weighted by Crippen LogP contribution is 2.22. The maximum Gasteiger partial charge on any atom is 0.201 e. The minimum absolute atomic E-state index is 0.397. The Morgan fingerprint density at radius 1 is 1.38 bits per heavy atom. The van der Waals surface area contributed by atoms with E-state index in [2.05, 4.69) is 34.9 Å². The molecule has 1 aliphatic heterocycles. The van der Waals surface area contributed by atoms with E-state index in [4.69, 9.17) is 5.73 Å². The lowest BCUT2D eigenvalue weighted by molar-refractivity contribution is 0.104. The summed E-state index contributed by atoms with van der Waals surface area (Å²) in [6.07, 6.45) is 0. The Hall–Kier alpha value is -2.10. The summed E-state index contributed by atoms with van der Waals surface area (Å²) >= 11 is 0. The van der Waals surface area contributed by atoms with Gasteiger partial charge in [-0.15, -0.1) is 0 Å². The number of nitrogens with zero attached hydrogens (tertiary/aromatic N) is 5. The Bertz CT molecular complexity index is 698. The number of aromatic nitrogens is 2. The van der Waals surface area contributed by atoms with Gasteiger partial charge in [-0.05, 0) is 26.2 Å². The highest BCUT2D eigenvalue weighted by Gasteiger charge is 2.24. The average molecular weight is 284 g/mol. The number of nitrogens with two attached hydrogens (primary N) is 1. The predicted molar refractivity (Wildman–Crippen MR) is 82.8 cm³/mol. The third-order valence-electron chi connectivity index (χ3n) is 4.30. The van der Waals surface area contributed by atoms with Crippen LogP contribution in [0.4, 0.5) is 5.95 Å². The smallest absolute Gasteiger partial charge is 0.201 e. The van der Waals surface area contributed by atoms with Crippen molar-refractivity contribution in [3.8, 4) is 6.07 Å². The number of hydrogen-bond donors (Lipinski definition) is 1. The molecule has 1 unspecified atom stereocenters. The molecule has 0 bridgehead atoms. The van der Waals surface area contributed by atoms with E-state index in [9.17, 15) is 5.26 Å². The number of rotatable bonds is 2. The zero-order valence-electron chi connectivity index (χ0n) is 12.5. The van der Waals surface area contributed by atoms with Crippen LogP contribution in [-0.4, -0.2) is 59.1 Å². The number of fused-ring (bicyclic) bond motifs is 1. The van der Waals surface area contributed by atoms with Crippen molar-refractivity contribution in [2.75, 3.05) is 39.5 Å². The Labute approximate surface area is 124 Å². The number of hydrogen-bond acceptors (Lipinski definition) is 5. The van der Waals surface area contributed by atoms with Crippen LogP contribution in [0, 0.1) is 11.3 Å². The van der Waals surface area contributed by atoms with Gasteiger partial charge in [-0.3, -0.25) is 4.90 Å². The summed E-state index contributed by atoms with van der Waals surface area (Å²) in [5, 5.41) is 9.18. The second-order valence-corrected chi connectivity index (χ2v) is 5.76. The van der Waals surface area contributed by atoms with E-state index in [1.54, 1.807) is 6.07 Å². The number of piperazine rings is 1. The fourth-order valence-corrected chi connectivity index (χ4v) is 2.96. The molecule has 3 rings (SSSR count). The largest absolute Gasteiger partial charge is 0.369 e. The number of para-hydroxylation sites is 1. The fraction of sp³-hybridized carbons (Fsp3) is 0.467. The van der Waals surface area contributed by atoms with Crippen molar-refractivity contribution in [3.63, 3.8) is 0 Å². The molecule has 1 saturated heterocycles. The molecular formula is C15H20N6. The van der Waals surface area contributed by atoms with Crippen LogP contribution in [0.2, 0.25) is 0 Å². The second kappa shape index (κ2) is 5.35. The van der Waals surface area contributed by atoms with E-state index >= 15 is 0 Å². The van der Waals surface area contributed by atoms with Gasteiger partial charge in [0.05, 0.1) is 11.1 Å². The van der Waals surface area contributed by atoms with E-state index in [1.165, 1.54) is 0 Å². The minimum atomic E-state index is 0.397. The summed E-state index contributed by atoms with van der Waals surface area (Å²) in [6, 6.07) is 8.22. The summed E-state index contributed by atoms with van der Waals surface area (Å²) in [5.41, 5.74) is 8.30. The molecule has 1 aliphatic rings. The lowest BCUT2D eigenvalue weighted by atomic mass is 10.1. The summed E-state index contributed by atoms with van der Waals surface area (Å²) in [7, 11) is 4.29. The third kappa shape index (κ3) is 2.46. The standard InChI is InChI=1S/C15H20N6/c1-19-6-7-20(2)12(9-19)10-21-13-5-3-4-11(8-16)14(13)18-15(21)17/h3-5,12H,6-7,9-10H2,1-2H3,(H2,17,18). The van der Waals surface area contributed by atoms with Crippen molar-refractivity contribution in [2.45, 2.75) is 12.6 Å². The maximum absolute atomic E-state index is 9.18. The van der Waals surface area contributed by atoms with Crippen molar-refractivity contribution in [2.24, 2.45) is 0 Å². The van der Waals surface area contributed by atoms with Gasteiger partial charge in [0.1, 0.15) is 11.6 Å². The number of imidazole rings is 1. The summed E-state index contributed by atoms with van der Waals surface area (Å²) in [5.74, 6) is 0.481. The predicted octanol–water partition coefficient (Wildman–Crippen LogP) is 0.736. The highest BCUT2D eigenvalue weighted by molar-refractivity contribution is 5.83. The van der Waals surface area contributed by atoms with Crippen LogP contribution in [0.25, 0.3) is 11.0 Å². The molecule has 6 nitrogen and oxygen atoms in total. The first-order valence-corrected chi connectivity index (χ1v) is 7.13. The lowest BCUT2D eigenvalue weighted by Crippen LogP contribution is -2.51. The first-order chi connectivity index (χ1) is 10.1. The van der Waals surface area contributed by atoms with Crippen LogP contribution in [-0.2, 0) is 6.54 Å². The van der Waals surface area contributed by atoms with Crippen LogP contribution in [0.5, 0.6) is 0 Å². The van der Waals surface area contributed by atoms with Gasteiger partial charge in [0, 0.05) is 32.2 Å². The van der Waals surface area contributed by atoms with E-state index in [-0.39, 0.29) is 0 Å². The number of nitrogen functional groups attached to an aromatic ring is 1. The summed E-state index contributed by atoms with van der Waals surface area (Å²) in [4.78, 5) is 9.07. The van der Waals surface area contributed by atoms with Crippen molar-refractivity contribution in [1.82, 2.24) is 19.4 Å². The Kier molecular flexibility index (Phi) is 3.53. The molecule has 6 heteroatoms. The lowest BCUT2D eigenvalue weighted by Gasteiger charge is -2.38. The van der Waals surface area contributed by atoms with E-state index in [0.29, 0.717) is 23.1 Å². The van der Waals surface area contributed by atoms with Crippen LogP contribution < -0.4 is 5.73 Å². The molecule has 0 aliphatic carbocycles. The summed E-state index contributed by atoms with van der Waals surface area (Å²) < 4.78 is 2.02. The minimum Gasteiger partial charge on any atom is -0.369 e. The normalized spacial score (nSPS) is 20.7. The van der Waals surface area contributed by atoms with E-state index < -0.39 is 0 Å². The quantitative estimate of drug-likeness (QED) is 0.880. The van der Waals surface area contributed by atoms with Crippen molar-refractivity contribution >= 4 is 17.0 Å². The maximum atomic E-state index is 9.18. The van der Waals surface area contributed by atoms with Crippen molar-refractivity contribution < 1.29 is 0 Å². The SMILES string of the molecule is CN1CCN(C)C(Cn2c(N)nc3c(C#N)cccc32)C1. The van der Waals surface area contributed by atoms with Gasteiger partial charge in [-0.25, -0.2) is 4.98 Å². The Morgan fingerprint density at radius 3 is 2.95 bits per heavy atom. The molecule has 0 radical (unpaired) electrons. The second-order valence-electron chi connectivity index (χ2n) is 5.76. The number of benzene rings is 1. The van der Waals surface area contributed by atoms with Crippen LogP contribution in [0.1, 0.15) is 5.56 Å². The van der Waals surface area contributed by atoms with Gasteiger partial charge in [-0.2, -0.15) is 5.26 Å². The van der Waals surface area contributed by atoms with E-state index in [0.717, 1.165) is 31.7 Å². The fourth-order valence-electron chi connectivity index (χ4n) is 2.96. The Balaban J connectivity index is 1.97. The third-order valence-corrected chi connectivity index (χ3v) is 4.30. The molecule has 2 N–H and O–H groups in total. The molecule has 1 aromatic carbocycles. The summed E-state index contributed by atoms with van der Waals surface area (Å²) in [6.45, 7) is 3.94.